The highest BCUT2D eigenvalue weighted by molar-refractivity contribution is 7.89. The molecule has 1 aromatic carbocycles. The lowest BCUT2D eigenvalue weighted by Crippen LogP contribution is -2.29. The quantitative estimate of drug-likeness (QED) is 0.853. The van der Waals surface area contributed by atoms with Crippen molar-refractivity contribution in [1.29, 1.82) is 0 Å². The van der Waals surface area contributed by atoms with Crippen LogP contribution in [-0.2, 0) is 16.4 Å². The molecular formula is C18H21N3O3S. The Hall–Kier alpha value is -2.25. The molecule has 1 aliphatic rings. The summed E-state index contributed by atoms with van der Waals surface area (Å²) in [7, 11) is -3.51. The van der Waals surface area contributed by atoms with Crippen molar-refractivity contribution in [2.45, 2.75) is 24.2 Å². The number of carbonyl (C=O) groups is 1. The smallest absolute Gasteiger partial charge is 0.251 e. The van der Waals surface area contributed by atoms with Crippen LogP contribution < -0.4 is 5.32 Å². The van der Waals surface area contributed by atoms with E-state index in [1.165, 1.54) is 10.4 Å². The van der Waals surface area contributed by atoms with Gasteiger partial charge in [0.05, 0.1) is 4.90 Å². The largest absolute Gasteiger partial charge is 0.352 e. The van der Waals surface area contributed by atoms with E-state index < -0.39 is 10.0 Å². The average molecular weight is 359 g/mol. The first kappa shape index (κ1) is 17.6. The van der Waals surface area contributed by atoms with Crippen molar-refractivity contribution in [2.75, 3.05) is 19.6 Å². The van der Waals surface area contributed by atoms with Crippen molar-refractivity contribution < 1.29 is 13.2 Å². The molecule has 0 saturated carbocycles. The third-order valence-electron chi connectivity index (χ3n) is 4.19. The maximum absolute atomic E-state index is 12.6. The molecule has 1 aromatic heterocycles. The number of rotatable bonds is 6. The van der Waals surface area contributed by atoms with Crippen LogP contribution in [0.5, 0.6) is 0 Å². The summed E-state index contributed by atoms with van der Waals surface area (Å²) in [5.74, 6) is -0.283. The van der Waals surface area contributed by atoms with Gasteiger partial charge in [-0.3, -0.25) is 9.78 Å². The molecule has 6 nitrogen and oxygen atoms in total. The number of aromatic nitrogens is 1. The van der Waals surface area contributed by atoms with Crippen LogP contribution in [0.2, 0.25) is 0 Å². The Bertz CT molecular complexity index is 832. The van der Waals surface area contributed by atoms with Gasteiger partial charge in [0.25, 0.3) is 5.91 Å². The van der Waals surface area contributed by atoms with Crippen LogP contribution in [0.15, 0.2) is 53.6 Å². The number of pyridine rings is 1. The number of carbonyl (C=O) groups excluding carboxylic acids is 1. The topological polar surface area (TPSA) is 79.4 Å². The maximum atomic E-state index is 12.6. The lowest BCUT2D eigenvalue weighted by Gasteiger charge is -2.16. The Kier molecular flexibility index (Phi) is 5.45. The number of hydrogen-bond acceptors (Lipinski definition) is 4. The van der Waals surface area contributed by atoms with Gasteiger partial charge in [-0.1, -0.05) is 12.1 Å². The van der Waals surface area contributed by atoms with E-state index in [1.807, 2.05) is 18.2 Å². The summed E-state index contributed by atoms with van der Waals surface area (Å²) >= 11 is 0. The van der Waals surface area contributed by atoms with Crippen LogP contribution in [0.1, 0.15) is 28.9 Å². The molecule has 0 radical (unpaired) electrons. The fourth-order valence-corrected chi connectivity index (χ4v) is 4.39. The molecule has 132 valence electrons. The molecule has 3 rings (SSSR count). The predicted octanol–water partition coefficient (Wildman–Crippen LogP) is 1.84. The van der Waals surface area contributed by atoms with Crippen LogP contribution in [0, 0.1) is 0 Å². The Morgan fingerprint density at radius 3 is 2.64 bits per heavy atom. The van der Waals surface area contributed by atoms with Gasteiger partial charge in [0.2, 0.25) is 10.0 Å². The average Bonchev–Trinajstić information content (AvgIpc) is 3.18. The first-order valence-electron chi connectivity index (χ1n) is 8.36. The summed E-state index contributed by atoms with van der Waals surface area (Å²) in [6.45, 7) is 1.53. The number of hydrogen-bond donors (Lipinski definition) is 1. The highest BCUT2D eigenvalue weighted by Crippen LogP contribution is 2.21. The second-order valence-electron chi connectivity index (χ2n) is 5.97. The van der Waals surface area contributed by atoms with Crippen molar-refractivity contribution in [3.8, 4) is 0 Å². The lowest BCUT2D eigenvalue weighted by atomic mass is 10.2. The van der Waals surface area contributed by atoms with Crippen LogP contribution in [0.4, 0.5) is 0 Å². The lowest BCUT2D eigenvalue weighted by molar-refractivity contribution is 0.0954. The van der Waals surface area contributed by atoms with E-state index in [-0.39, 0.29) is 10.8 Å². The third kappa shape index (κ3) is 4.24. The van der Waals surface area contributed by atoms with Crippen molar-refractivity contribution >= 4 is 15.9 Å². The molecule has 0 aliphatic carbocycles. The zero-order valence-electron chi connectivity index (χ0n) is 13.9. The Morgan fingerprint density at radius 2 is 1.92 bits per heavy atom. The highest BCUT2D eigenvalue weighted by Gasteiger charge is 2.27. The van der Waals surface area contributed by atoms with E-state index in [2.05, 4.69) is 10.3 Å². The second kappa shape index (κ2) is 7.76. The van der Waals surface area contributed by atoms with Crippen LogP contribution >= 0.6 is 0 Å². The summed E-state index contributed by atoms with van der Waals surface area (Å²) in [5, 5.41) is 2.81. The van der Waals surface area contributed by atoms with E-state index in [1.54, 1.807) is 24.4 Å². The molecule has 0 bridgehead atoms. The molecule has 1 N–H and O–H groups in total. The first-order chi connectivity index (χ1) is 12.1. The fraction of sp³-hybridized carbons (Fsp3) is 0.333. The zero-order valence-corrected chi connectivity index (χ0v) is 14.7. The fourth-order valence-electron chi connectivity index (χ4n) is 2.83. The molecule has 0 spiro atoms. The van der Waals surface area contributed by atoms with Gasteiger partial charge in [-0.05, 0) is 43.2 Å². The van der Waals surface area contributed by atoms with Gasteiger partial charge in [-0.15, -0.1) is 0 Å². The molecular weight excluding hydrogens is 338 g/mol. The van der Waals surface area contributed by atoms with Gasteiger partial charge in [-0.2, -0.15) is 4.31 Å². The SMILES string of the molecule is O=C(NCCc1ccccn1)c1cccc(S(=O)(=O)N2CCCC2)c1. The van der Waals surface area contributed by atoms with Crippen LogP contribution in [0.25, 0.3) is 0 Å². The maximum Gasteiger partial charge on any atom is 0.251 e. The standard InChI is InChI=1S/C18H21N3O3S/c22-18(20-11-9-16-7-1-2-10-19-16)15-6-5-8-17(14-15)25(23,24)21-12-3-4-13-21/h1-2,5-8,10,14H,3-4,9,11-13H2,(H,20,22). The van der Waals surface area contributed by atoms with E-state index in [0.29, 0.717) is 31.6 Å². The molecule has 0 unspecified atom stereocenters. The number of sulfonamides is 1. The summed E-state index contributed by atoms with van der Waals surface area (Å²) in [4.78, 5) is 16.7. The molecule has 7 heteroatoms. The van der Waals surface area contributed by atoms with E-state index in [0.717, 1.165) is 18.5 Å². The number of nitrogens with one attached hydrogen (secondary N) is 1. The van der Waals surface area contributed by atoms with Gasteiger partial charge in [0.1, 0.15) is 0 Å². The minimum Gasteiger partial charge on any atom is -0.352 e. The minimum atomic E-state index is -3.51. The predicted molar refractivity (Wildman–Crippen MR) is 94.7 cm³/mol. The Balaban J connectivity index is 1.65. The molecule has 1 aliphatic heterocycles. The molecule has 2 aromatic rings. The van der Waals surface area contributed by atoms with Gasteiger partial charge in [-0.25, -0.2) is 8.42 Å². The van der Waals surface area contributed by atoms with E-state index >= 15 is 0 Å². The van der Waals surface area contributed by atoms with E-state index in [9.17, 15) is 13.2 Å². The summed E-state index contributed by atoms with van der Waals surface area (Å²) in [5.41, 5.74) is 1.24. The Morgan fingerprint density at radius 1 is 1.12 bits per heavy atom. The van der Waals surface area contributed by atoms with Crippen molar-refractivity contribution in [3.63, 3.8) is 0 Å². The molecule has 1 amide bonds. The molecule has 25 heavy (non-hydrogen) atoms. The van der Waals surface area contributed by atoms with Gasteiger partial charge < -0.3 is 5.32 Å². The van der Waals surface area contributed by atoms with Gasteiger partial charge in [0.15, 0.2) is 0 Å². The number of amides is 1. The number of nitrogens with zero attached hydrogens (tertiary/aromatic N) is 2. The number of benzene rings is 1. The normalized spacial score (nSPS) is 15.2. The Labute approximate surface area is 147 Å². The van der Waals surface area contributed by atoms with Crippen molar-refractivity contribution in [1.82, 2.24) is 14.6 Å². The van der Waals surface area contributed by atoms with E-state index in [4.69, 9.17) is 0 Å². The summed E-state index contributed by atoms with van der Waals surface area (Å²) < 4.78 is 26.7. The zero-order chi connectivity index (χ0) is 17.7. The van der Waals surface area contributed by atoms with Crippen molar-refractivity contribution in [3.05, 3.63) is 59.9 Å². The first-order valence-corrected chi connectivity index (χ1v) is 9.80. The molecule has 1 fully saturated rings. The summed E-state index contributed by atoms with van der Waals surface area (Å²) in [6.07, 6.45) is 4.10. The highest BCUT2D eigenvalue weighted by atomic mass is 32.2. The molecule has 2 heterocycles. The second-order valence-corrected chi connectivity index (χ2v) is 7.90. The molecule has 0 atom stereocenters. The third-order valence-corrected chi connectivity index (χ3v) is 6.09. The summed E-state index contributed by atoms with van der Waals surface area (Å²) in [6, 6.07) is 11.9. The van der Waals surface area contributed by atoms with Gasteiger partial charge in [0, 0.05) is 43.5 Å². The van der Waals surface area contributed by atoms with Crippen LogP contribution in [0.3, 0.4) is 0 Å². The molecule has 1 saturated heterocycles. The minimum absolute atomic E-state index is 0.173. The van der Waals surface area contributed by atoms with Gasteiger partial charge >= 0.3 is 0 Å². The van der Waals surface area contributed by atoms with Crippen LogP contribution in [-0.4, -0.2) is 43.2 Å². The van der Waals surface area contributed by atoms with Crippen molar-refractivity contribution in [2.24, 2.45) is 0 Å². The monoisotopic (exact) mass is 359 g/mol.